The predicted molar refractivity (Wildman–Crippen MR) is 55.0 cm³/mol. The lowest BCUT2D eigenvalue weighted by atomic mass is 10.2. The van der Waals surface area contributed by atoms with Crippen LogP contribution in [0, 0.1) is 0 Å². The first-order valence-electron chi connectivity index (χ1n) is 4.38. The van der Waals surface area contributed by atoms with E-state index < -0.39 is 0 Å². The lowest BCUT2D eigenvalue weighted by Gasteiger charge is -2.13. The van der Waals surface area contributed by atoms with E-state index in [0.717, 1.165) is 18.7 Å². The second-order valence-corrected chi connectivity index (χ2v) is 3.53. The van der Waals surface area contributed by atoms with Crippen LogP contribution in [-0.2, 0) is 0 Å². The SMILES string of the molecule is Clc1cccnc1NC1CC=CC1. The molecule has 1 aliphatic carbocycles. The molecule has 68 valence electrons. The van der Waals surface area contributed by atoms with Crippen LogP contribution in [0.15, 0.2) is 30.5 Å². The number of rotatable bonds is 2. The maximum Gasteiger partial charge on any atom is 0.144 e. The number of pyridine rings is 1. The molecule has 0 aliphatic heterocycles. The zero-order chi connectivity index (χ0) is 9.10. The highest BCUT2D eigenvalue weighted by atomic mass is 35.5. The second-order valence-electron chi connectivity index (χ2n) is 3.12. The molecule has 3 heteroatoms. The molecule has 2 nitrogen and oxygen atoms in total. The molecule has 0 radical (unpaired) electrons. The second kappa shape index (κ2) is 3.79. The van der Waals surface area contributed by atoms with Crippen molar-refractivity contribution in [2.24, 2.45) is 0 Å². The maximum absolute atomic E-state index is 5.96. The monoisotopic (exact) mass is 194 g/mol. The Hall–Kier alpha value is -1.02. The number of hydrogen-bond donors (Lipinski definition) is 1. The highest BCUT2D eigenvalue weighted by Gasteiger charge is 2.11. The van der Waals surface area contributed by atoms with Gasteiger partial charge in [0.25, 0.3) is 0 Å². The Balaban J connectivity index is 2.05. The van der Waals surface area contributed by atoms with Crippen LogP contribution in [0.3, 0.4) is 0 Å². The summed E-state index contributed by atoms with van der Waals surface area (Å²) in [6.07, 6.45) is 8.22. The van der Waals surface area contributed by atoms with Gasteiger partial charge in [0.05, 0.1) is 5.02 Å². The number of nitrogens with one attached hydrogen (secondary N) is 1. The quantitative estimate of drug-likeness (QED) is 0.733. The molecular formula is C10H11ClN2. The average Bonchev–Trinajstić information content (AvgIpc) is 2.61. The molecule has 0 saturated heterocycles. The van der Waals surface area contributed by atoms with Crippen LogP contribution in [0.5, 0.6) is 0 Å². The van der Waals surface area contributed by atoms with Crippen molar-refractivity contribution >= 4 is 17.4 Å². The summed E-state index contributed by atoms with van der Waals surface area (Å²) in [5, 5.41) is 3.99. The van der Waals surface area contributed by atoms with Crippen molar-refractivity contribution in [2.45, 2.75) is 18.9 Å². The van der Waals surface area contributed by atoms with E-state index in [-0.39, 0.29) is 0 Å². The summed E-state index contributed by atoms with van der Waals surface area (Å²) in [6, 6.07) is 4.15. The van der Waals surface area contributed by atoms with Gasteiger partial charge in [0.2, 0.25) is 0 Å². The summed E-state index contributed by atoms with van der Waals surface area (Å²) in [5.41, 5.74) is 0. The van der Waals surface area contributed by atoms with Gasteiger partial charge in [-0.3, -0.25) is 0 Å². The molecule has 2 rings (SSSR count). The molecule has 0 spiro atoms. The van der Waals surface area contributed by atoms with Crippen LogP contribution < -0.4 is 5.32 Å². The summed E-state index contributed by atoms with van der Waals surface area (Å²) in [6.45, 7) is 0. The Labute approximate surface area is 82.6 Å². The zero-order valence-electron chi connectivity index (χ0n) is 7.20. The molecule has 1 aromatic rings. The molecule has 1 aliphatic rings. The van der Waals surface area contributed by atoms with Crippen LogP contribution in [0.25, 0.3) is 0 Å². The van der Waals surface area contributed by atoms with Gasteiger partial charge in [-0.25, -0.2) is 4.98 Å². The molecule has 0 bridgehead atoms. The molecule has 1 heterocycles. The van der Waals surface area contributed by atoms with Gasteiger partial charge in [-0.05, 0) is 25.0 Å². The van der Waals surface area contributed by atoms with Gasteiger partial charge in [0, 0.05) is 12.2 Å². The molecule has 1 N–H and O–H groups in total. The Morgan fingerprint density at radius 3 is 2.85 bits per heavy atom. The Morgan fingerprint density at radius 1 is 1.38 bits per heavy atom. The van der Waals surface area contributed by atoms with Gasteiger partial charge in [-0.15, -0.1) is 0 Å². The van der Waals surface area contributed by atoms with Gasteiger partial charge < -0.3 is 5.32 Å². The van der Waals surface area contributed by atoms with E-state index in [2.05, 4.69) is 22.5 Å². The highest BCUT2D eigenvalue weighted by molar-refractivity contribution is 6.32. The first-order valence-corrected chi connectivity index (χ1v) is 4.76. The van der Waals surface area contributed by atoms with Crippen molar-refractivity contribution < 1.29 is 0 Å². The number of nitrogens with zero attached hydrogens (tertiary/aromatic N) is 1. The fourth-order valence-electron chi connectivity index (χ4n) is 1.42. The minimum Gasteiger partial charge on any atom is -0.365 e. The normalized spacial score (nSPS) is 16.4. The van der Waals surface area contributed by atoms with Crippen molar-refractivity contribution in [1.82, 2.24) is 4.98 Å². The van der Waals surface area contributed by atoms with Crippen LogP contribution >= 0.6 is 11.6 Å². The predicted octanol–water partition coefficient (Wildman–Crippen LogP) is 2.87. The van der Waals surface area contributed by atoms with Crippen molar-refractivity contribution in [2.75, 3.05) is 5.32 Å². The van der Waals surface area contributed by atoms with E-state index in [1.807, 2.05) is 12.1 Å². The van der Waals surface area contributed by atoms with Gasteiger partial charge >= 0.3 is 0 Å². The summed E-state index contributed by atoms with van der Waals surface area (Å²) >= 11 is 5.96. The minimum absolute atomic E-state index is 0.465. The standard InChI is InChI=1S/C10H11ClN2/c11-9-6-3-7-12-10(9)13-8-4-1-2-5-8/h1-3,6-8H,4-5H2,(H,12,13). The fourth-order valence-corrected chi connectivity index (χ4v) is 1.60. The molecule has 0 fully saturated rings. The summed E-state index contributed by atoms with van der Waals surface area (Å²) in [4.78, 5) is 4.17. The molecule has 0 aromatic carbocycles. The summed E-state index contributed by atoms with van der Waals surface area (Å²) in [7, 11) is 0. The van der Waals surface area contributed by atoms with Gasteiger partial charge in [0.15, 0.2) is 0 Å². The third-order valence-corrected chi connectivity index (χ3v) is 2.41. The molecule has 0 amide bonds. The number of anilines is 1. The molecule has 0 unspecified atom stereocenters. The largest absolute Gasteiger partial charge is 0.365 e. The van der Waals surface area contributed by atoms with Gasteiger partial charge in [-0.2, -0.15) is 0 Å². The van der Waals surface area contributed by atoms with E-state index in [1.54, 1.807) is 6.20 Å². The van der Waals surface area contributed by atoms with Crippen molar-refractivity contribution in [3.63, 3.8) is 0 Å². The van der Waals surface area contributed by atoms with Crippen molar-refractivity contribution in [1.29, 1.82) is 0 Å². The third kappa shape index (κ3) is 2.01. The molecular weight excluding hydrogens is 184 g/mol. The molecule has 1 aromatic heterocycles. The summed E-state index contributed by atoms with van der Waals surface area (Å²) in [5.74, 6) is 0.790. The smallest absolute Gasteiger partial charge is 0.144 e. The number of halogens is 1. The maximum atomic E-state index is 5.96. The molecule has 0 atom stereocenters. The van der Waals surface area contributed by atoms with E-state index in [1.165, 1.54) is 0 Å². The lowest BCUT2D eigenvalue weighted by Crippen LogP contribution is -2.16. The average molecular weight is 195 g/mol. The fraction of sp³-hybridized carbons (Fsp3) is 0.300. The van der Waals surface area contributed by atoms with E-state index in [0.29, 0.717) is 11.1 Å². The Kier molecular flexibility index (Phi) is 2.50. The Bertz CT molecular complexity index is 314. The van der Waals surface area contributed by atoms with Crippen molar-refractivity contribution in [3.05, 3.63) is 35.5 Å². The molecule has 13 heavy (non-hydrogen) atoms. The van der Waals surface area contributed by atoms with Crippen LogP contribution in [0.1, 0.15) is 12.8 Å². The highest BCUT2D eigenvalue weighted by Crippen LogP contribution is 2.21. The number of hydrogen-bond acceptors (Lipinski definition) is 2. The minimum atomic E-state index is 0.465. The first kappa shape index (κ1) is 8.57. The lowest BCUT2D eigenvalue weighted by molar-refractivity contribution is 0.781. The summed E-state index contributed by atoms with van der Waals surface area (Å²) < 4.78 is 0. The van der Waals surface area contributed by atoms with Crippen LogP contribution in [-0.4, -0.2) is 11.0 Å². The van der Waals surface area contributed by atoms with E-state index in [4.69, 9.17) is 11.6 Å². The van der Waals surface area contributed by atoms with E-state index in [9.17, 15) is 0 Å². The Morgan fingerprint density at radius 2 is 2.15 bits per heavy atom. The van der Waals surface area contributed by atoms with E-state index >= 15 is 0 Å². The first-order chi connectivity index (χ1) is 6.36. The third-order valence-electron chi connectivity index (χ3n) is 2.11. The van der Waals surface area contributed by atoms with Gasteiger partial charge in [-0.1, -0.05) is 23.8 Å². The topological polar surface area (TPSA) is 24.9 Å². The number of aromatic nitrogens is 1. The zero-order valence-corrected chi connectivity index (χ0v) is 7.96. The van der Waals surface area contributed by atoms with Crippen LogP contribution in [0.2, 0.25) is 5.02 Å². The van der Waals surface area contributed by atoms with Crippen LogP contribution in [0.4, 0.5) is 5.82 Å². The molecule has 0 saturated carbocycles. The van der Waals surface area contributed by atoms with Gasteiger partial charge in [0.1, 0.15) is 5.82 Å². The van der Waals surface area contributed by atoms with Crippen molar-refractivity contribution in [3.8, 4) is 0 Å².